The van der Waals surface area contributed by atoms with Crippen LogP contribution in [-0.2, 0) is 6.61 Å². The molecule has 3 rings (SSSR count). The first-order valence-corrected chi connectivity index (χ1v) is 8.90. The fourth-order valence-corrected chi connectivity index (χ4v) is 4.97. The van der Waals surface area contributed by atoms with Gasteiger partial charge in [0.25, 0.3) is 0 Å². The standard InChI is InChI=1S/C17H15NOS2/c18-11-13-1-3-14(4-2-13)12-19-16-7-5-15(6-8-16)17-20-9-10-21-17/h1-8,17H,9-10,12H2. The van der Waals surface area contributed by atoms with E-state index in [1.165, 1.54) is 17.1 Å². The minimum atomic E-state index is 0.526. The van der Waals surface area contributed by atoms with Crippen molar-refractivity contribution in [1.82, 2.24) is 0 Å². The molecule has 0 unspecified atom stereocenters. The van der Waals surface area contributed by atoms with Crippen LogP contribution in [0.1, 0.15) is 21.3 Å². The van der Waals surface area contributed by atoms with Gasteiger partial charge in [0.1, 0.15) is 12.4 Å². The average Bonchev–Trinajstić information content (AvgIpc) is 3.08. The Hall–Kier alpha value is -1.57. The van der Waals surface area contributed by atoms with E-state index in [1.807, 2.05) is 59.9 Å². The number of hydrogen-bond acceptors (Lipinski definition) is 4. The smallest absolute Gasteiger partial charge is 0.119 e. The van der Waals surface area contributed by atoms with E-state index in [0.29, 0.717) is 16.8 Å². The summed E-state index contributed by atoms with van der Waals surface area (Å²) in [4.78, 5) is 0. The van der Waals surface area contributed by atoms with Crippen molar-refractivity contribution in [3.63, 3.8) is 0 Å². The van der Waals surface area contributed by atoms with Gasteiger partial charge in [-0.1, -0.05) is 24.3 Å². The third-order valence-electron chi connectivity index (χ3n) is 3.26. The minimum Gasteiger partial charge on any atom is -0.489 e. The van der Waals surface area contributed by atoms with Crippen LogP contribution >= 0.6 is 23.5 Å². The van der Waals surface area contributed by atoms with Crippen molar-refractivity contribution in [2.24, 2.45) is 0 Å². The molecule has 1 heterocycles. The van der Waals surface area contributed by atoms with Gasteiger partial charge in [0.05, 0.1) is 16.2 Å². The number of benzene rings is 2. The molecule has 0 atom stereocenters. The molecule has 4 heteroatoms. The van der Waals surface area contributed by atoms with E-state index in [0.717, 1.165) is 11.3 Å². The molecule has 1 aliphatic heterocycles. The molecule has 0 aliphatic carbocycles. The highest BCUT2D eigenvalue weighted by atomic mass is 32.2. The number of nitrogens with zero attached hydrogens (tertiary/aromatic N) is 1. The molecule has 1 saturated heterocycles. The second-order valence-electron chi connectivity index (χ2n) is 4.74. The van der Waals surface area contributed by atoms with Crippen LogP contribution in [0.2, 0.25) is 0 Å². The lowest BCUT2D eigenvalue weighted by atomic mass is 10.1. The van der Waals surface area contributed by atoms with Crippen molar-refractivity contribution in [2.75, 3.05) is 11.5 Å². The Morgan fingerprint density at radius 2 is 1.67 bits per heavy atom. The monoisotopic (exact) mass is 313 g/mol. The highest BCUT2D eigenvalue weighted by Crippen LogP contribution is 2.45. The topological polar surface area (TPSA) is 33.0 Å². The van der Waals surface area contributed by atoms with Crippen molar-refractivity contribution >= 4 is 23.5 Å². The van der Waals surface area contributed by atoms with E-state index in [-0.39, 0.29) is 0 Å². The molecule has 106 valence electrons. The number of thioether (sulfide) groups is 2. The molecule has 1 aliphatic rings. The van der Waals surface area contributed by atoms with Crippen LogP contribution in [0.3, 0.4) is 0 Å². The number of nitriles is 1. The van der Waals surface area contributed by atoms with Gasteiger partial charge in [0.2, 0.25) is 0 Å². The third-order valence-corrected chi connectivity index (χ3v) is 6.37. The summed E-state index contributed by atoms with van der Waals surface area (Å²) in [5.41, 5.74) is 3.11. The van der Waals surface area contributed by atoms with Crippen molar-refractivity contribution in [1.29, 1.82) is 5.26 Å². The largest absolute Gasteiger partial charge is 0.489 e. The van der Waals surface area contributed by atoms with Gasteiger partial charge in [0, 0.05) is 11.5 Å². The molecule has 2 nitrogen and oxygen atoms in total. The number of ether oxygens (including phenoxy) is 1. The molecule has 0 spiro atoms. The third kappa shape index (κ3) is 3.75. The Balaban J connectivity index is 1.58. The lowest BCUT2D eigenvalue weighted by Crippen LogP contribution is -1.95. The van der Waals surface area contributed by atoms with Gasteiger partial charge >= 0.3 is 0 Å². The molecule has 0 bridgehead atoms. The summed E-state index contributed by atoms with van der Waals surface area (Å²) in [7, 11) is 0. The summed E-state index contributed by atoms with van der Waals surface area (Å²) < 4.78 is 6.37. The highest BCUT2D eigenvalue weighted by Gasteiger charge is 2.17. The summed E-state index contributed by atoms with van der Waals surface area (Å²) in [5.74, 6) is 3.37. The van der Waals surface area contributed by atoms with E-state index in [4.69, 9.17) is 10.00 Å². The maximum atomic E-state index is 8.77. The Morgan fingerprint density at radius 3 is 2.29 bits per heavy atom. The van der Waals surface area contributed by atoms with Crippen LogP contribution in [0.5, 0.6) is 5.75 Å². The molecule has 0 amide bonds. The lowest BCUT2D eigenvalue weighted by molar-refractivity contribution is 0.306. The Kier molecular flexibility index (Phi) is 4.74. The Morgan fingerprint density at radius 1 is 1.00 bits per heavy atom. The predicted molar refractivity (Wildman–Crippen MR) is 89.6 cm³/mol. The van der Waals surface area contributed by atoms with Crippen molar-refractivity contribution in [3.8, 4) is 11.8 Å². The van der Waals surface area contributed by atoms with Crippen LogP contribution < -0.4 is 4.74 Å². The summed E-state index contributed by atoms with van der Waals surface area (Å²) in [6.07, 6.45) is 0. The van der Waals surface area contributed by atoms with Crippen LogP contribution in [0.4, 0.5) is 0 Å². The van der Waals surface area contributed by atoms with Gasteiger partial charge in [0.15, 0.2) is 0 Å². The zero-order valence-electron chi connectivity index (χ0n) is 11.5. The summed E-state index contributed by atoms with van der Waals surface area (Å²) in [6.45, 7) is 0.526. The van der Waals surface area contributed by atoms with Crippen molar-refractivity contribution in [2.45, 2.75) is 11.2 Å². The minimum absolute atomic E-state index is 0.526. The van der Waals surface area contributed by atoms with E-state index >= 15 is 0 Å². The summed E-state index contributed by atoms with van der Waals surface area (Å²) in [5, 5.41) is 8.77. The molecular formula is C17H15NOS2. The fraction of sp³-hybridized carbons (Fsp3) is 0.235. The van der Waals surface area contributed by atoms with Gasteiger partial charge in [-0.15, -0.1) is 23.5 Å². The van der Waals surface area contributed by atoms with Crippen LogP contribution in [0, 0.1) is 11.3 Å². The van der Waals surface area contributed by atoms with E-state index in [1.54, 1.807) is 0 Å². The predicted octanol–water partition coefficient (Wildman–Crippen LogP) is 4.62. The van der Waals surface area contributed by atoms with E-state index in [9.17, 15) is 0 Å². The second-order valence-corrected chi connectivity index (χ2v) is 7.46. The van der Waals surface area contributed by atoms with Gasteiger partial charge in [-0.2, -0.15) is 5.26 Å². The fourth-order valence-electron chi connectivity index (χ4n) is 2.11. The molecule has 2 aromatic rings. The zero-order chi connectivity index (χ0) is 14.5. The van der Waals surface area contributed by atoms with Crippen molar-refractivity contribution < 1.29 is 4.74 Å². The van der Waals surface area contributed by atoms with Crippen LogP contribution in [-0.4, -0.2) is 11.5 Å². The summed E-state index contributed by atoms with van der Waals surface area (Å²) in [6, 6.07) is 18.0. The number of rotatable bonds is 4. The van der Waals surface area contributed by atoms with Gasteiger partial charge in [-0.3, -0.25) is 0 Å². The maximum Gasteiger partial charge on any atom is 0.119 e. The molecular weight excluding hydrogens is 298 g/mol. The molecule has 0 N–H and O–H groups in total. The molecule has 0 radical (unpaired) electrons. The maximum absolute atomic E-state index is 8.77. The molecule has 21 heavy (non-hydrogen) atoms. The van der Waals surface area contributed by atoms with Crippen molar-refractivity contribution in [3.05, 3.63) is 65.2 Å². The molecule has 0 saturated carbocycles. The van der Waals surface area contributed by atoms with E-state index in [2.05, 4.69) is 18.2 Å². The zero-order valence-corrected chi connectivity index (χ0v) is 13.1. The Bertz CT molecular complexity index is 625. The number of hydrogen-bond donors (Lipinski definition) is 0. The normalized spacial score (nSPS) is 14.8. The van der Waals surface area contributed by atoms with Crippen LogP contribution in [0.25, 0.3) is 0 Å². The van der Waals surface area contributed by atoms with Gasteiger partial charge in [-0.05, 0) is 35.4 Å². The quantitative estimate of drug-likeness (QED) is 0.825. The first-order valence-electron chi connectivity index (χ1n) is 6.80. The van der Waals surface area contributed by atoms with Gasteiger partial charge in [-0.25, -0.2) is 0 Å². The summed E-state index contributed by atoms with van der Waals surface area (Å²) >= 11 is 4.02. The highest BCUT2D eigenvalue weighted by molar-refractivity contribution is 8.19. The first-order chi connectivity index (χ1) is 10.3. The SMILES string of the molecule is N#Cc1ccc(COc2ccc(C3SCCS3)cc2)cc1. The first kappa shape index (κ1) is 14.4. The molecule has 1 fully saturated rings. The molecule has 0 aromatic heterocycles. The van der Waals surface area contributed by atoms with Crippen LogP contribution in [0.15, 0.2) is 48.5 Å². The Labute approximate surface area is 133 Å². The van der Waals surface area contributed by atoms with Gasteiger partial charge < -0.3 is 4.74 Å². The van der Waals surface area contributed by atoms with E-state index < -0.39 is 0 Å². The average molecular weight is 313 g/mol. The lowest BCUT2D eigenvalue weighted by Gasteiger charge is -2.10. The molecule has 2 aromatic carbocycles. The second kappa shape index (κ2) is 6.93.